The zero-order valence-corrected chi connectivity index (χ0v) is 10.0. The lowest BCUT2D eigenvalue weighted by atomic mass is 10.1. The Morgan fingerprint density at radius 2 is 2.06 bits per heavy atom. The molecule has 1 aliphatic carbocycles. The van der Waals surface area contributed by atoms with Crippen LogP contribution in [0.25, 0.3) is 0 Å². The number of rotatable bonds is 5. The number of hydrogen-bond acceptors (Lipinski definition) is 2. The van der Waals surface area contributed by atoms with Gasteiger partial charge in [0.15, 0.2) is 0 Å². The third kappa shape index (κ3) is 3.18. The van der Waals surface area contributed by atoms with E-state index in [4.69, 9.17) is 5.73 Å². The van der Waals surface area contributed by atoms with Crippen LogP contribution in [0.15, 0.2) is 12.1 Å². The summed E-state index contributed by atoms with van der Waals surface area (Å²) in [5, 5.41) is 2.61. The van der Waals surface area contributed by atoms with Gasteiger partial charge in [-0.25, -0.2) is 8.78 Å². The van der Waals surface area contributed by atoms with E-state index in [9.17, 15) is 13.6 Å². The number of anilines is 1. The van der Waals surface area contributed by atoms with Gasteiger partial charge in [0.2, 0.25) is 0 Å². The zero-order valence-electron chi connectivity index (χ0n) is 10.0. The lowest BCUT2D eigenvalue weighted by molar-refractivity contribution is 0.0948. The highest BCUT2D eigenvalue weighted by molar-refractivity contribution is 5.95. The molecule has 0 unspecified atom stereocenters. The average Bonchev–Trinajstić information content (AvgIpc) is 3.13. The van der Waals surface area contributed by atoms with E-state index in [2.05, 4.69) is 5.32 Å². The number of amides is 1. The predicted molar refractivity (Wildman–Crippen MR) is 65.1 cm³/mol. The Hall–Kier alpha value is -1.65. The molecule has 2 rings (SSSR count). The molecule has 0 heterocycles. The van der Waals surface area contributed by atoms with Crippen LogP contribution >= 0.6 is 0 Å². The van der Waals surface area contributed by atoms with Crippen LogP contribution in [0.4, 0.5) is 14.5 Å². The van der Waals surface area contributed by atoms with E-state index < -0.39 is 17.5 Å². The van der Waals surface area contributed by atoms with Crippen LogP contribution in [0.3, 0.4) is 0 Å². The third-order valence-corrected chi connectivity index (χ3v) is 3.10. The molecule has 0 radical (unpaired) electrons. The Bertz CT molecular complexity index is 459. The summed E-state index contributed by atoms with van der Waals surface area (Å²) in [7, 11) is 0. The summed E-state index contributed by atoms with van der Waals surface area (Å²) in [5.74, 6) is -1.48. The van der Waals surface area contributed by atoms with E-state index in [1.54, 1.807) is 0 Å². The molecular weight excluding hydrogens is 238 g/mol. The Morgan fingerprint density at radius 3 is 2.72 bits per heavy atom. The van der Waals surface area contributed by atoms with E-state index >= 15 is 0 Å². The summed E-state index contributed by atoms with van der Waals surface area (Å²) in [6, 6.07) is 1.66. The minimum absolute atomic E-state index is 0.208. The number of nitrogens with one attached hydrogen (secondary N) is 1. The molecule has 0 atom stereocenters. The van der Waals surface area contributed by atoms with Gasteiger partial charge in [-0.2, -0.15) is 0 Å². The van der Waals surface area contributed by atoms with E-state index in [0.29, 0.717) is 12.6 Å². The van der Waals surface area contributed by atoms with Gasteiger partial charge in [0.25, 0.3) is 5.91 Å². The van der Waals surface area contributed by atoms with E-state index in [-0.39, 0.29) is 11.3 Å². The summed E-state index contributed by atoms with van der Waals surface area (Å²) in [4.78, 5) is 11.7. The van der Waals surface area contributed by atoms with E-state index in [0.717, 1.165) is 24.8 Å². The van der Waals surface area contributed by atoms with E-state index in [1.807, 2.05) is 0 Å². The van der Waals surface area contributed by atoms with Crippen LogP contribution in [0.1, 0.15) is 36.0 Å². The number of halogens is 2. The largest absolute Gasteiger partial charge is 0.396 e. The molecule has 0 bridgehead atoms. The fourth-order valence-electron chi connectivity index (χ4n) is 1.83. The number of carbonyl (C=O) groups excluding carboxylic acids is 1. The van der Waals surface area contributed by atoms with Gasteiger partial charge in [-0.1, -0.05) is 12.8 Å². The lowest BCUT2D eigenvalue weighted by Gasteiger charge is -2.07. The molecule has 1 saturated carbocycles. The fraction of sp³-hybridized carbons (Fsp3) is 0.462. The maximum Gasteiger partial charge on any atom is 0.254 e. The minimum atomic E-state index is -0.888. The number of nitrogens with two attached hydrogens (primary N) is 1. The van der Waals surface area contributed by atoms with Gasteiger partial charge in [-0.15, -0.1) is 0 Å². The molecule has 1 aromatic rings. The van der Waals surface area contributed by atoms with Crippen LogP contribution in [0, 0.1) is 17.6 Å². The van der Waals surface area contributed by atoms with Gasteiger partial charge >= 0.3 is 0 Å². The topological polar surface area (TPSA) is 55.1 Å². The Kier molecular flexibility index (Phi) is 3.79. The first-order valence-electron chi connectivity index (χ1n) is 6.10. The monoisotopic (exact) mass is 254 g/mol. The third-order valence-electron chi connectivity index (χ3n) is 3.10. The summed E-state index contributed by atoms with van der Waals surface area (Å²) in [5.41, 5.74) is 4.88. The molecule has 1 amide bonds. The van der Waals surface area contributed by atoms with Crippen LogP contribution < -0.4 is 11.1 Å². The van der Waals surface area contributed by atoms with Gasteiger partial charge in [0.1, 0.15) is 11.6 Å². The van der Waals surface area contributed by atoms with Crippen LogP contribution in [-0.2, 0) is 0 Å². The van der Waals surface area contributed by atoms with Gasteiger partial charge < -0.3 is 11.1 Å². The van der Waals surface area contributed by atoms with Gasteiger partial charge in [-0.3, -0.25) is 4.79 Å². The lowest BCUT2D eigenvalue weighted by Crippen LogP contribution is -2.25. The van der Waals surface area contributed by atoms with Gasteiger partial charge in [-0.05, 0) is 24.8 Å². The molecule has 0 saturated heterocycles. The van der Waals surface area contributed by atoms with Crippen molar-refractivity contribution in [3.63, 3.8) is 0 Å². The molecule has 1 aromatic carbocycles. The normalized spacial score (nSPS) is 14.6. The first kappa shape index (κ1) is 12.8. The molecule has 3 nitrogen and oxygen atoms in total. The fourth-order valence-corrected chi connectivity index (χ4v) is 1.83. The van der Waals surface area contributed by atoms with Crippen molar-refractivity contribution in [2.75, 3.05) is 12.3 Å². The smallest absolute Gasteiger partial charge is 0.254 e. The molecule has 0 aliphatic heterocycles. The number of benzene rings is 1. The highest BCUT2D eigenvalue weighted by Crippen LogP contribution is 2.33. The Morgan fingerprint density at radius 1 is 1.33 bits per heavy atom. The molecule has 18 heavy (non-hydrogen) atoms. The second-order valence-electron chi connectivity index (χ2n) is 4.70. The maximum atomic E-state index is 13.4. The van der Waals surface area contributed by atoms with Crippen molar-refractivity contribution in [2.24, 2.45) is 5.92 Å². The maximum absolute atomic E-state index is 13.4. The van der Waals surface area contributed by atoms with Crippen molar-refractivity contribution < 1.29 is 13.6 Å². The average molecular weight is 254 g/mol. The van der Waals surface area contributed by atoms with Crippen molar-refractivity contribution in [2.45, 2.75) is 25.7 Å². The quantitative estimate of drug-likeness (QED) is 0.626. The first-order chi connectivity index (χ1) is 8.58. The van der Waals surface area contributed by atoms with Crippen LogP contribution in [0.2, 0.25) is 0 Å². The first-order valence-corrected chi connectivity index (χ1v) is 6.10. The van der Waals surface area contributed by atoms with Crippen molar-refractivity contribution >= 4 is 11.6 Å². The number of nitrogen functional groups attached to an aromatic ring is 1. The van der Waals surface area contributed by atoms with Crippen molar-refractivity contribution in [3.8, 4) is 0 Å². The van der Waals surface area contributed by atoms with Gasteiger partial charge in [0, 0.05) is 12.6 Å². The number of carbonyl (C=O) groups is 1. The second kappa shape index (κ2) is 5.33. The standard InChI is InChI=1S/C13H16F2N2O/c14-10-7-11(15)12(16)6-9(10)13(18)17-5-1-2-8-3-4-8/h6-8H,1-5,16H2,(H,17,18). The van der Waals surface area contributed by atoms with Crippen molar-refractivity contribution in [3.05, 3.63) is 29.3 Å². The summed E-state index contributed by atoms with van der Waals surface area (Å²) < 4.78 is 26.3. The second-order valence-corrected chi connectivity index (χ2v) is 4.70. The summed E-state index contributed by atoms with van der Waals surface area (Å²) in [6.07, 6.45) is 4.52. The molecule has 0 spiro atoms. The Balaban J connectivity index is 1.88. The van der Waals surface area contributed by atoms with Gasteiger partial charge in [0.05, 0.1) is 11.3 Å². The van der Waals surface area contributed by atoms with Crippen molar-refractivity contribution in [1.82, 2.24) is 5.32 Å². The summed E-state index contributed by atoms with van der Waals surface area (Å²) in [6.45, 7) is 0.506. The highest BCUT2D eigenvalue weighted by atomic mass is 19.1. The zero-order chi connectivity index (χ0) is 13.1. The summed E-state index contributed by atoms with van der Waals surface area (Å²) >= 11 is 0. The molecule has 5 heteroatoms. The molecule has 0 aromatic heterocycles. The molecule has 1 fully saturated rings. The molecular formula is C13H16F2N2O. The highest BCUT2D eigenvalue weighted by Gasteiger charge is 2.20. The Labute approximate surface area is 104 Å². The van der Waals surface area contributed by atoms with Crippen molar-refractivity contribution in [1.29, 1.82) is 0 Å². The molecule has 98 valence electrons. The number of hydrogen-bond donors (Lipinski definition) is 2. The van der Waals surface area contributed by atoms with Crippen LogP contribution in [-0.4, -0.2) is 12.5 Å². The minimum Gasteiger partial charge on any atom is -0.396 e. The van der Waals surface area contributed by atoms with Crippen LogP contribution in [0.5, 0.6) is 0 Å². The van der Waals surface area contributed by atoms with E-state index in [1.165, 1.54) is 12.8 Å². The predicted octanol–water partition coefficient (Wildman–Crippen LogP) is 2.47. The SMILES string of the molecule is Nc1cc(C(=O)NCCCC2CC2)c(F)cc1F. The molecule has 1 aliphatic rings. The molecule has 3 N–H and O–H groups in total.